The molecule has 4 nitrogen and oxygen atoms in total. The van der Waals surface area contributed by atoms with Crippen molar-refractivity contribution in [3.8, 4) is 0 Å². The molecule has 0 aliphatic rings. The largest absolute Gasteiger partial charge is 0.338 e. The van der Waals surface area contributed by atoms with Crippen LogP contribution in [0.2, 0.25) is 0 Å². The molecule has 2 amide bonds. The van der Waals surface area contributed by atoms with E-state index in [1.165, 1.54) is 12.1 Å². The van der Waals surface area contributed by atoms with Gasteiger partial charge in [0.1, 0.15) is 11.5 Å². The molecule has 1 N–H and O–H groups in total. The van der Waals surface area contributed by atoms with Crippen LogP contribution in [0, 0.1) is 5.82 Å². The van der Waals surface area contributed by atoms with Gasteiger partial charge in [0.2, 0.25) is 0 Å². The van der Waals surface area contributed by atoms with Gasteiger partial charge in [0, 0.05) is 18.7 Å². The second kappa shape index (κ2) is 8.78. The van der Waals surface area contributed by atoms with Crippen molar-refractivity contribution in [1.29, 1.82) is 0 Å². The van der Waals surface area contributed by atoms with E-state index in [0.29, 0.717) is 24.2 Å². The van der Waals surface area contributed by atoms with Crippen molar-refractivity contribution >= 4 is 17.9 Å². The maximum Gasteiger partial charge on any atom is 0.270 e. The topological polar surface area (TPSA) is 49.4 Å². The fourth-order valence-electron chi connectivity index (χ4n) is 2.34. The predicted octanol–water partition coefficient (Wildman–Crippen LogP) is 3.47. The SMILES string of the molecule is CCN(CC)C(=O)/C(=C/c1ccc(F)cc1)NC(=O)c1ccccc1. The highest BCUT2D eigenvalue weighted by atomic mass is 19.1. The van der Waals surface area contributed by atoms with Crippen molar-refractivity contribution < 1.29 is 14.0 Å². The van der Waals surface area contributed by atoms with E-state index in [-0.39, 0.29) is 23.3 Å². The molecule has 0 spiro atoms. The van der Waals surface area contributed by atoms with Crippen molar-refractivity contribution in [2.24, 2.45) is 0 Å². The zero-order valence-corrected chi connectivity index (χ0v) is 14.3. The van der Waals surface area contributed by atoms with Crippen LogP contribution in [-0.2, 0) is 4.79 Å². The van der Waals surface area contributed by atoms with E-state index in [9.17, 15) is 14.0 Å². The smallest absolute Gasteiger partial charge is 0.270 e. The van der Waals surface area contributed by atoms with E-state index in [2.05, 4.69) is 5.32 Å². The molecule has 0 bridgehead atoms. The lowest BCUT2D eigenvalue weighted by Gasteiger charge is -2.21. The summed E-state index contributed by atoms with van der Waals surface area (Å²) in [5.74, 6) is -1.00. The number of halogens is 1. The van der Waals surface area contributed by atoms with E-state index in [0.717, 1.165) is 0 Å². The quantitative estimate of drug-likeness (QED) is 0.819. The minimum absolute atomic E-state index is 0.157. The van der Waals surface area contributed by atoms with Crippen molar-refractivity contribution in [3.05, 3.63) is 77.2 Å². The first-order chi connectivity index (χ1) is 12.0. The monoisotopic (exact) mass is 340 g/mol. The molecule has 0 saturated carbocycles. The Kier molecular flexibility index (Phi) is 6.46. The lowest BCUT2D eigenvalue weighted by Crippen LogP contribution is -2.38. The second-order valence-corrected chi connectivity index (χ2v) is 5.41. The van der Waals surface area contributed by atoms with Crippen LogP contribution in [-0.4, -0.2) is 29.8 Å². The number of benzene rings is 2. The van der Waals surface area contributed by atoms with Crippen LogP contribution in [0.3, 0.4) is 0 Å². The first-order valence-electron chi connectivity index (χ1n) is 8.18. The number of hydrogen-bond donors (Lipinski definition) is 1. The molecule has 0 heterocycles. The fraction of sp³-hybridized carbons (Fsp3) is 0.200. The number of nitrogens with zero attached hydrogens (tertiary/aromatic N) is 1. The summed E-state index contributed by atoms with van der Waals surface area (Å²) in [4.78, 5) is 26.7. The minimum atomic E-state index is -0.366. The van der Waals surface area contributed by atoms with Gasteiger partial charge in [0.05, 0.1) is 0 Å². The molecule has 0 aliphatic heterocycles. The molecular formula is C20H21FN2O2. The summed E-state index contributed by atoms with van der Waals surface area (Å²) >= 11 is 0. The van der Waals surface area contributed by atoms with E-state index >= 15 is 0 Å². The van der Waals surface area contributed by atoms with Crippen molar-refractivity contribution in [2.45, 2.75) is 13.8 Å². The van der Waals surface area contributed by atoms with Gasteiger partial charge in [-0.2, -0.15) is 0 Å². The number of rotatable bonds is 6. The van der Waals surface area contributed by atoms with Gasteiger partial charge in [0.25, 0.3) is 11.8 Å². The maximum atomic E-state index is 13.1. The van der Waals surface area contributed by atoms with E-state index in [4.69, 9.17) is 0 Å². The van der Waals surface area contributed by atoms with Gasteiger partial charge in [0.15, 0.2) is 0 Å². The second-order valence-electron chi connectivity index (χ2n) is 5.41. The van der Waals surface area contributed by atoms with E-state index < -0.39 is 0 Å². The predicted molar refractivity (Wildman–Crippen MR) is 96.2 cm³/mol. The van der Waals surface area contributed by atoms with Gasteiger partial charge in [-0.15, -0.1) is 0 Å². The van der Waals surface area contributed by atoms with Gasteiger partial charge in [-0.05, 0) is 49.8 Å². The summed E-state index contributed by atoms with van der Waals surface area (Å²) in [7, 11) is 0. The van der Waals surface area contributed by atoms with Gasteiger partial charge in [-0.25, -0.2) is 4.39 Å². The lowest BCUT2D eigenvalue weighted by atomic mass is 10.1. The molecule has 0 fully saturated rings. The molecule has 0 unspecified atom stereocenters. The fourth-order valence-corrected chi connectivity index (χ4v) is 2.34. The summed E-state index contributed by atoms with van der Waals surface area (Å²) < 4.78 is 13.1. The first-order valence-corrected chi connectivity index (χ1v) is 8.18. The third kappa shape index (κ3) is 5.01. The Bertz CT molecular complexity index is 751. The van der Waals surface area contributed by atoms with Crippen molar-refractivity contribution in [1.82, 2.24) is 10.2 Å². The Morgan fingerprint density at radius 3 is 2.16 bits per heavy atom. The number of amides is 2. The number of hydrogen-bond acceptors (Lipinski definition) is 2. The Morgan fingerprint density at radius 2 is 1.60 bits per heavy atom. The molecular weight excluding hydrogens is 319 g/mol. The Hall–Kier alpha value is -2.95. The van der Waals surface area contributed by atoms with Crippen molar-refractivity contribution in [3.63, 3.8) is 0 Å². The van der Waals surface area contributed by atoms with Crippen LogP contribution in [0.15, 0.2) is 60.3 Å². The average molecular weight is 340 g/mol. The third-order valence-electron chi connectivity index (χ3n) is 3.75. The first kappa shape index (κ1) is 18.4. The Morgan fingerprint density at radius 1 is 1.00 bits per heavy atom. The Labute approximate surface area is 147 Å². The maximum absolute atomic E-state index is 13.1. The zero-order valence-electron chi connectivity index (χ0n) is 14.3. The van der Waals surface area contributed by atoms with Gasteiger partial charge in [-0.3, -0.25) is 9.59 Å². The van der Waals surface area contributed by atoms with Crippen molar-refractivity contribution in [2.75, 3.05) is 13.1 Å². The van der Waals surface area contributed by atoms with Crippen LogP contribution in [0.25, 0.3) is 6.08 Å². The van der Waals surface area contributed by atoms with Crippen LogP contribution in [0.4, 0.5) is 4.39 Å². The van der Waals surface area contributed by atoms with Crippen LogP contribution in [0.1, 0.15) is 29.8 Å². The molecule has 0 saturated heterocycles. The standard InChI is InChI=1S/C20H21FN2O2/c1-3-23(4-2)20(25)18(14-15-10-12-17(21)13-11-15)22-19(24)16-8-6-5-7-9-16/h5-14H,3-4H2,1-2H3,(H,22,24)/b18-14-. The highest BCUT2D eigenvalue weighted by molar-refractivity contribution is 6.05. The molecule has 0 atom stereocenters. The highest BCUT2D eigenvalue weighted by Crippen LogP contribution is 2.11. The minimum Gasteiger partial charge on any atom is -0.338 e. The summed E-state index contributed by atoms with van der Waals surface area (Å²) in [6.07, 6.45) is 1.56. The number of carbonyl (C=O) groups is 2. The molecule has 2 rings (SSSR count). The molecule has 2 aromatic carbocycles. The van der Waals surface area contributed by atoms with E-state index in [1.54, 1.807) is 47.4 Å². The molecule has 25 heavy (non-hydrogen) atoms. The molecule has 130 valence electrons. The molecule has 0 aromatic heterocycles. The van der Waals surface area contributed by atoms with Crippen LogP contribution < -0.4 is 5.32 Å². The summed E-state index contributed by atoms with van der Waals surface area (Å²) in [6, 6.07) is 14.4. The molecule has 0 radical (unpaired) electrons. The number of nitrogens with one attached hydrogen (secondary N) is 1. The lowest BCUT2D eigenvalue weighted by molar-refractivity contribution is -0.127. The Balaban J connectivity index is 2.33. The summed E-state index contributed by atoms with van der Waals surface area (Å²) in [5, 5.41) is 2.68. The van der Waals surface area contributed by atoms with Crippen LogP contribution >= 0.6 is 0 Å². The third-order valence-corrected chi connectivity index (χ3v) is 3.75. The molecule has 0 aliphatic carbocycles. The average Bonchev–Trinajstić information content (AvgIpc) is 2.64. The summed E-state index contributed by atoms with van der Waals surface area (Å²) in [6.45, 7) is 4.79. The van der Waals surface area contributed by atoms with Crippen LogP contribution in [0.5, 0.6) is 0 Å². The van der Waals surface area contributed by atoms with Gasteiger partial charge in [-0.1, -0.05) is 30.3 Å². The number of carbonyl (C=O) groups excluding carboxylic acids is 2. The molecule has 2 aromatic rings. The summed E-state index contributed by atoms with van der Waals surface area (Å²) in [5.41, 5.74) is 1.24. The molecule has 5 heteroatoms. The highest BCUT2D eigenvalue weighted by Gasteiger charge is 2.18. The van der Waals surface area contributed by atoms with Gasteiger partial charge >= 0.3 is 0 Å². The number of likely N-dealkylation sites (N-methyl/N-ethyl adjacent to an activating group) is 1. The zero-order chi connectivity index (χ0) is 18.2. The normalized spacial score (nSPS) is 11.1. The van der Waals surface area contributed by atoms with Gasteiger partial charge < -0.3 is 10.2 Å². The van der Waals surface area contributed by atoms with E-state index in [1.807, 2.05) is 19.9 Å².